The molecule has 0 aromatic heterocycles. The largest absolute Gasteiger partial charge is 0.465 e. The van der Waals surface area contributed by atoms with Gasteiger partial charge in [0.15, 0.2) is 0 Å². The highest BCUT2D eigenvalue weighted by Crippen LogP contribution is 2.32. The number of nitrogens with one attached hydrogen (secondary N) is 1. The molecule has 2 aromatic carbocycles. The van der Waals surface area contributed by atoms with Gasteiger partial charge < -0.3 is 10.1 Å². The highest BCUT2D eigenvalue weighted by molar-refractivity contribution is 8.18. The number of carbonyl (C=O) groups excluding carboxylic acids is 3. The average Bonchev–Trinajstić information content (AvgIpc) is 2.95. The molecule has 3 rings (SSSR count). The van der Waals surface area contributed by atoms with Crippen LogP contribution in [0, 0.1) is 13.8 Å². The zero-order valence-electron chi connectivity index (χ0n) is 15.8. The van der Waals surface area contributed by atoms with Crippen LogP contribution in [0.3, 0.4) is 0 Å². The van der Waals surface area contributed by atoms with Crippen LogP contribution in [0.4, 0.5) is 10.5 Å². The molecule has 1 N–H and O–H groups in total. The van der Waals surface area contributed by atoms with E-state index in [1.807, 2.05) is 32.0 Å². The van der Waals surface area contributed by atoms with Crippen molar-refractivity contribution in [3.8, 4) is 0 Å². The molecular weight excluding hydrogens is 376 g/mol. The van der Waals surface area contributed by atoms with Gasteiger partial charge >= 0.3 is 5.97 Å². The van der Waals surface area contributed by atoms with Gasteiger partial charge in [-0.2, -0.15) is 0 Å². The lowest BCUT2D eigenvalue weighted by atomic mass is 10.1. The molecule has 1 fully saturated rings. The molecule has 2 amide bonds. The number of nitrogens with zero attached hydrogens (tertiary/aromatic N) is 1. The Bertz CT molecular complexity index is 967. The van der Waals surface area contributed by atoms with Gasteiger partial charge in [-0.3, -0.25) is 14.5 Å². The number of esters is 1. The number of benzene rings is 2. The third-order valence-electron chi connectivity index (χ3n) is 4.32. The van der Waals surface area contributed by atoms with E-state index >= 15 is 0 Å². The van der Waals surface area contributed by atoms with Gasteiger partial charge in [0.05, 0.1) is 24.2 Å². The van der Waals surface area contributed by atoms with Gasteiger partial charge in [0.25, 0.3) is 11.1 Å². The predicted molar refractivity (Wildman–Crippen MR) is 110 cm³/mol. The van der Waals surface area contributed by atoms with E-state index in [4.69, 9.17) is 0 Å². The molecule has 0 radical (unpaired) electrons. The molecule has 28 heavy (non-hydrogen) atoms. The molecule has 1 saturated heterocycles. The van der Waals surface area contributed by atoms with Crippen molar-refractivity contribution in [1.29, 1.82) is 0 Å². The van der Waals surface area contributed by atoms with E-state index in [1.165, 1.54) is 12.0 Å². The van der Waals surface area contributed by atoms with Gasteiger partial charge in [-0.05, 0) is 66.6 Å². The Morgan fingerprint density at radius 3 is 2.54 bits per heavy atom. The van der Waals surface area contributed by atoms with Crippen LogP contribution in [0.1, 0.15) is 27.0 Å². The summed E-state index contributed by atoms with van der Waals surface area (Å²) >= 11 is 0.901. The molecule has 0 spiro atoms. The molecule has 0 saturated carbocycles. The number of carbonyl (C=O) groups is 3. The summed E-state index contributed by atoms with van der Waals surface area (Å²) in [5, 5.41) is 2.84. The normalized spacial score (nSPS) is 15.2. The number of methoxy groups -OCH3 is 1. The highest BCUT2D eigenvalue weighted by atomic mass is 32.2. The molecule has 2 aromatic rings. The smallest absolute Gasteiger partial charge is 0.337 e. The summed E-state index contributed by atoms with van der Waals surface area (Å²) in [7, 11) is 1.32. The second-order valence-corrected chi connectivity index (χ2v) is 7.37. The van der Waals surface area contributed by atoms with Crippen molar-refractivity contribution in [2.45, 2.75) is 13.8 Å². The molecule has 0 bridgehead atoms. The SMILES string of the molecule is COC(=O)c1ccc(/C=C2/SC(=O)N(CNc3cc(C)ccc3C)C2=O)cc1. The van der Waals surface area contributed by atoms with Crippen LogP contribution >= 0.6 is 11.8 Å². The predicted octanol–water partition coefficient (Wildman–Crippen LogP) is 4.20. The van der Waals surface area contributed by atoms with Crippen LogP contribution in [0.5, 0.6) is 0 Å². The Balaban J connectivity index is 1.71. The number of thioether (sulfide) groups is 1. The fraction of sp³-hybridized carbons (Fsp3) is 0.190. The van der Waals surface area contributed by atoms with Gasteiger partial charge in [-0.25, -0.2) is 4.79 Å². The molecule has 0 atom stereocenters. The maximum atomic E-state index is 12.6. The number of hydrogen-bond acceptors (Lipinski definition) is 6. The van der Waals surface area contributed by atoms with Crippen LogP contribution in [-0.4, -0.2) is 35.8 Å². The Morgan fingerprint density at radius 2 is 1.86 bits per heavy atom. The van der Waals surface area contributed by atoms with Gasteiger partial charge in [0.2, 0.25) is 0 Å². The Kier molecular flexibility index (Phi) is 5.84. The highest BCUT2D eigenvalue weighted by Gasteiger charge is 2.34. The first-order chi connectivity index (χ1) is 13.4. The van der Waals surface area contributed by atoms with Crippen molar-refractivity contribution < 1.29 is 19.1 Å². The molecule has 144 valence electrons. The van der Waals surface area contributed by atoms with Crippen molar-refractivity contribution in [3.63, 3.8) is 0 Å². The maximum absolute atomic E-state index is 12.6. The first-order valence-electron chi connectivity index (χ1n) is 8.64. The summed E-state index contributed by atoms with van der Waals surface area (Å²) in [4.78, 5) is 37.9. The van der Waals surface area contributed by atoms with E-state index in [0.717, 1.165) is 34.1 Å². The molecule has 0 aliphatic carbocycles. The van der Waals surface area contributed by atoms with E-state index in [1.54, 1.807) is 30.3 Å². The fourth-order valence-electron chi connectivity index (χ4n) is 2.71. The molecule has 0 unspecified atom stereocenters. The second kappa shape index (κ2) is 8.31. The first kappa shape index (κ1) is 19.7. The molecule has 7 heteroatoms. The monoisotopic (exact) mass is 396 g/mol. The van der Waals surface area contributed by atoms with Crippen molar-refractivity contribution >= 4 is 40.6 Å². The van der Waals surface area contributed by atoms with Crippen molar-refractivity contribution in [3.05, 3.63) is 69.6 Å². The number of amides is 2. The Labute approximate surface area is 167 Å². The molecule has 1 heterocycles. The van der Waals surface area contributed by atoms with Gasteiger partial charge in [-0.1, -0.05) is 24.3 Å². The van der Waals surface area contributed by atoms with Crippen LogP contribution < -0.4 is 5.32 Å². The van der Waals surface area contributed by atoms with Crippen LogP contribution in [-0.2, 0) is 9.53 Å². The zero-order chi connectivity index (χ0) is 20.3. The van der Waals surface area contributed by atoms with Crippen molar-refractivity contribution in [1.82, 2.24) is 4.90 Å². The minimum absolute atomic E-state index is 0.105. The molecule has 1 aliphatic heterocycles. The third-order valence-corrected chi connectivity index (χ3v) is 5.23. The molecule has 6 nitrogen and oxygen atoms in total. The topological polar surface area (TPSA) is 75.7 Å². The van der Waals surface area contributed by atoms with E-state index in [9.17, 15) is 14.4 Å². The minimum Gasteiger partial charge on any atom is -0.465 e. The Morgan fingerprint density at radius 1 is 1.14 bits per heavy atom. The zero-order valence-corrected chi connectivity index (χ0v) is 16.6. The van der Waals surface area contributed by atoms with Gasteiger partial charge in [-0.15, -0.1) is 0 Å². The summed E-state index contributed by atoms with van der Waals surface area (Å²) in [5.41, 5.74) is 4.17. The summed E-state index contributed by atoms with van der Waals surface area (Å²) in [6, 6.07) is 12.6. The number of hydrogen-bond donors (Lipinski definition) is 1. The number of rotatable bonds is 5. The number of imide groups is 1. The number of ether oxygens (including phenoxy) is 1. The maximum Gasteiger partial charge on any atom is 0.337 e. The Hall–Kier alpha value is -3.06. The standard InChI is InChI=1S/C21H20N2O4S/c1-13-4-5-14(2)17(10-13)22-12-23-19(24)18(28-21(23)26)11-15-6-8-16(9-7-15)20(25)27-3/h4-11,22H,12H2,1-3H3/b18-11+. The summed E-state index contributed by atoms with van der Waals surface area (Å²) in [5.74, 6) is -0.769. The molecule has 1 aliphatic rings. The number of aryl methyl sites for hydroxylation is 2. The lowest BCUT2D eigenvalue weighted by Crippen LogP contribution is -2.33. The first-order valence-corrected chi connectivity index (χ1v) is 9.45. The van der Waals surface area contributed by atoms with E-state index in [-0.39, 0.29) is 17.8 Å². The summed E-state index contributed by atoms with van der Waals surface area (Å²) in [6.07, 6.45) is 1.64. The fourth-order valence-corrected chi connectivity index (χ4v) is 3.55. The lowest BCUT2D eigenvalue weighted by Gasteiger charge is -2.16. The minimum atomic E-state index is -0.426. The van der Waals surface area contributed by atoms with Gasteiger partial charge in [0, 0.05) is 5.69 Å². The quantitative estimate of drug-likeness (QED) is 0.603. The second-order valence-electron chi connectivity index (χ2n) is 6.38. The third kappa shape index (κ3) is 4.26. The molecular formula is C21H20N2O4S. The summed E-state index contributed by atoms with van der Waals surface area (Å²) < 4.78 is 4.66. The van der Waals surface area contributed by atoms with E-state index < -0.39 is 5.97 Å². The van der Waals surface area contributed by atoms with Crippen molar-refractivity contribution in [2.24, 2.45) is 0 Å². The van der Waals surface area contributed by atoms with E-state index in [2.05, 4.69) is 10.1 Å². The van der Waals surface area contributed by atoms with Crippen molar-refractivity contribution in [2.75, 3.05) is 19.1 Å². The lowest BCUT2D eigenvalue weighted by molar-refractivity contribution is -0.122. The van der Waals surface area contributed by atoms with E-state index in [0.29, 0.717) is 10.5 Å². The number of anilines is 1. The average molecular weight is 396 g/mol. The summed E-state index contributed by atoms with van der Waals surface area (Å²) in [6.45, 7) is 4.06. The van der Waals surface area contributed by atoms with Gasteiger partial charge in [0.1, 0.15) is 0 Å². The van der Waals surface area contributed by atoms with Crippen LogP contribution in [0.15, 0.2) is 47.4 Å². The van der Waals surface area contributed by atoms with Crippen LogP contribution in [0.2, 0.25) is 0 Å². The van der Waals surface area contributed by atoms with Crippen LogP contribution in [0.25, 0.3) is 6.08 Å².